The van der Waals surface area contributed by atoms with Crippen LogP contribution in [0.15, 0.2) is 46.1 Å². The number of hydrogen-bond acceptors (Lipinski definition) is 6. The molecule has 4 heterocycles. The summed E-state index contributed by atoms with van der Waals surface area (Å²) in [5.41, 5.74) is 2.11. The number of pyridine rings is 2. The van der Waals surface area contributed by atoms with E-state index in [2.05, 4.69) is 20.2 Å². The van der Waals surface area contributed by atoms with Crippen molar-refractivity contribution >= 4 is 17.1 Å². The van der Waals surface area contributed by atoms with Crippen molar-refractivity contribution in [3.8, 4) is 11.5 Å². The molecule has 0 aliphatic carbocycles. The minimum Gasteiger partial charge on any atom is -0.465 e. The first-order valence-electron chi connectivity index (χ1n) is 9.21. The van der Waals surface area contributed by atoms with Crippen LogP contribution in [0.4, 0.5) is 4.79 Å². The molecule has 1 saturated heterocycles. The Morgan fingerprint density at radius 3 is 2.79 bits per heavy atom. The Balaban J connectivity index is 1.50. The molecule has 1 amide bonds. The number of fused-ring (bicyclic) bond motifs is 1. The van der Waals surface area contributed by atoms with Crippen LogP contribution in [-0.4, -0.2) is 56.3 Å². The van der Waals surface area contributed by atoms with E-state index in [0.29, 0.717) is 19.0 Å². The summed E-state index contributed by atoms with van der Waals surface area (Å²) in [5, 5.41) is 11.4. The second-order valence-electron chi connectivity index (χ2n) is 6.85. The molecule has 0 aromatic carbocycles. The lowest BCUT2D eigenvalue weighted by molar-refractivity contribution is 0.166. The molecule has 1 aliphatic rings. The fourth-order valence-electron chi connectivity index (χ4n) is 3.60. The summed E-state index contributed by atoms with van der Waals surface area (Å²) in [5.74, 6) is 0.463. The number of piperidine rings is 1. The highest BCUT2D eigenvalue weighted by molar-refractivity contribution is 5.78. The van der Waals surface area contributed by atoms with E-state index >= 15 is 0 Å². The SMILES string of the molecule is O=C(O)NC1CCN(CCn2c(=O)ccc3ncc(-c4ncco4)cc32)CC1. The number of nitrogens with zero attached hydrogens (tertiary/aromatic N) is 4. The molecular weight excluding hydrogens is 362 g/mol. The standard InChI is InChI=1S/C19H21N5O4/c25-17-2-1-15-16(11-13(12-21-15)18-20-5-10-28-18)24(17)9-8-23-6-3-14(4-7-23)22-19(26)27/h1-2,5,10-12,14,22H,3-4,6-9H2,(H,26,27). The molecule has 28 heavy (non-hydrogen) atoms. The number of carboxylic acid groups (broad SMARTS) is 1. The Morgan fingerprint density at radius 1 is 1.25 bits per heavy atom. The van der Waals surface area contributed by atoms with E-state index in [1.54, 1.807) is 23.0 Å². The van der Waals surface area contributed by atoms with Crippen molar-refractivity contribution in [2.75, 3.05) is 19.6 Å². The van der Waals surface area contributed by atoms with Crippen molar-refractivity contribution in [3.63, 3.8) is 0 Å². The summed E-state index contributed by atoms with van der Waals surface area (Å²) >= 11 is 0. The lowest BCUT2D eigenvalue weighted by atomic mass is 10.1. The number of hydrogen-bond donors (Lipinski definition) is 2. The van der Waals surface area contributed by atoms with Gasteiger partial charge in [0.05, 0.1) is 22.8 Å². The Morgan fingerprint density at radius 2 is 2.07 bits per heavy atom. The topological polar surface area (TPSA) is 113 Å². The Kier molecular flexibility index (Phi) is 5.07. The molecular formula is C19H21N5O4. The van der Waals surface area contributed by atoms with E-state index in [1.807, 2.05) is 6.07 Å². The van der Waals surface area contributed by atoms with Gasteiger partial charge in [-0.15, -0.1) is 0 Å². The Labute approximate surface area is 160 Å². The molecule has 3 aromatic heterocycles. The van der Waals surface area contributed by atoms with Gasteiger partial charge in [-0.05, 0) is 25.0 Å². The van der Waals surface area contributed by atoms with E-state index in [-0.39, 0.29) is 11.6 Å². The van der Waals surface area contributed by atoms with Gasteiger partial charge in [-0.3, -0.25) is 9.78 Å². The van der Waals surface area contributed by atoms with Gasteiger partial charge in [0, 0.05) is 44.5 Å². The van der Waals surface area contributed by atoms with Crippen molar-refractivity contribution in [2.45, 2.75) is 25.4 Å². The van der Waals surface area contributed by atoms with Crippen LogP contribution >= 0.6 is 0 Å². The largest absolute Gasteiger partial charge is 0.465 e. The van der Waals surface area contributed by atoms with Crippen LogP contribution in [0, 0.1) is 0 Å². The maximum Gasteiger partial charge on any atom is 0.404 e. The molecule has 0 atom stereocenters. The molecule has 2 N–H and O–H groups in total. The molecule has 0 spiro atoms. The van der Waals surface area contributed by atoms with Gasteiger partial charge < -0.3 is 24.3 Å². The first-order chi connectivity index (χ1) is 13.6. The number of rotatable bonds is 5. The fraction of sp³-hybridized carbons (Fsp3) is 0.368. The average molecular weight is 383 g/mol. The van der Waals surface area contributed by atoms with Crippen molar-refractivity contribution < 1.29 is 14.3 Å². The molecule has 9 heteroatoms. The number of carbonyl (C=O) groups is 1. The van der Waals surface area contributed by atoms with Crippen molar-refractivity contribution in [2.24, 2.45) is 0 Å². The second-order valence-corrected chi connectivity index (χ2v) is 6.85. The van der Waals surface area contributed by atoms with E-state index in [4.69, 9.17) is 9.52 Å². The average Bonchev–Trinajstić information content (AvgIpc) is 3.22. The highest BCUT2D eigenvalue weighted by atomic mass is 16.4. The third-order valence-corrected chi connectivity index (χ3v) is 5.07. The predicted molar refractivity (Wildman–Crippen MR) is 102 cm³/mol. The minimum absolute atomic E-state index is 0.00146. The van der Waals surface area contributed by atoms with Crippen molar-refractivity contribution in [1.29, 1.82) is 0 Å². The highest BCUT2D eigenvalue weighted by Crippen LogP contribution is 2.20. The van der Waals surface area contributed by atoms with Crippen LogP contribution in [0.1, 0.15) is 12.8 Å². The molecule has 1 aliphatic heterocycles. The van der Waals surface area contributed by atoms with Gasteiger partial charge in [0.25, 0.3) is 5.56 Å². The van der Waals surface area contributed by atoms with Gasteiger partial charge in [0.15, 0.2) is 0 Å². The van der Waals surface area contributed by atoms with E-state index in [1.165, 1.54) is 12.3 Å². The van der Waals surface area contributed by atoms with Gasteiger partial charge in [0.1, 0.15) is 6.26 Å². The normalized spacial score (nSPS) is 15.7. The van der Waals surface area contributed by atoms with Crippen LogP contribution in [0.3, 0.4) is 0 Å². The maximum absolute atomic E-state index is 12.5. The van der Waals surface area contributed by atoms with Crippen LogP contribution in [-0.2, 0) is 6.54 Å². The van der Waals surface area contributed by atoms with E-state index in [0.717, 1.165) is 42.5 Å². The molecule has 0 unspecified atom stereocenters. The van der Waals surface area contributed by atoms with Gasteiger partial charge in [0.2, 0.25) is 5.89 Å². The molecule has 3 aromatic rings. The zero-order chi connectivity index (χ0) is 19.5. The number of oxazole rings is 1. The maximum atomic E-state index is 12.5. The molecule has 4 rings (SSSR count). The van der Waals surface area contributed by atoms with E-state index < -0.39 is 6.09 Å². The lowest BCUT2D eigenvalue weighted by Gasteiger charge is -2.31. The quantitative estimate of drug-likeness (QED) is 0.690. The molecule has 146 valence electrons. The third kappa shape index (κ3) is 3.89. The summed E-state index contributed by atoms with van der Waals surface area (Å²) in [6.07, 6.45) is 5.32. The predicted octanol–water partition coefficient (Wildman–Crippen LogP) is 1.78. The van der Waals surface area contributed by atoms with Crippen LogP contribution in [0.25, 0.3) is 22.5 Å². The zero-order valence-electron chi connectivity index (χ0n) is 15.2. The molecule has 1 fully saturated rings. The van der Waals surface area contributed by atoms with Crippen LogP contribution in [0.5, 0.6) is 0 Å². The van der Waals surface area contributed by atoms with Crippen LogP contribution < -0.4 is 10.9 Å². The Hall–Kier alpha value is -3.20. The summed E-state index contributed by atoms with van der Waals surface area (Å²) < 4.78 is 7.06. The van der Waals surface area contributed by atoms with Crippen molar-refractivity contribution in [1.82, 2.24) is 24.8 Å². The first kappa shape index (κ1) is 18.2. The monoisotopic (exact) mass is 383 g/mol. The number of amides is 1. The van der Waals surface area contributed by atoms with E-state index in [9.17, 15) is 9.59 Å². The Bertz CT molecular complexity index is 1020. The summed E-state index contributed by atoms with van der Waals surface area (Å²) in [6.45, 7) is 2.83. The van der Waals surface area contributed by atoms with Gasteiger partial charge in [-0.1, -0.05) is 0 Å². The summed E-state index contributed by atoms with van der Waals surface area (Å²) in [6, 6.07) is 5.12. The summed E-state index contributed by atoms with van der Waals surface area (Å²) in [7, 11) is 0. The molecule has 0 bridgehead atoms. The molecule has 0 saturated carbocycles. The minimum atomic E-state index is -0.977. The third-order valence-electron chi connectivity index (χ3n) is 5.07. The first-order valence-corrected chi connectivity index (χ1v) is 9.21. The second kappa shape index (κ2) is 7.81. The molecule has 9 nitrogen and oxygen atoms in total. The van der Waals surface area contributed by atoms with Gasteiger partial charge in [-0.2, -0.15) is 0 Å². The molecule has 0 radical (unpaired) electrons. The highest BCUT2D eigenvalue weighted by Gasteiger charge is 2.20. The van der Waals surface area contributed by atoms with Gasteiger partial charge in [-0.25, -0.2) is 9.78 Å². The zero-order valence-corrected chi connectivity index (χ0v) is 15.2. The van der Waals surface area contributed by atoms with Crippen molar-refractivity contribution in [3.05, 3.63) is 47.2 Å². The smallest absolute Gasteiger partial charge is 0.404 e. The van der Waals surface area contributed by atoms with Gasteiger partial charge >= 0.3 is 6.09 Å². The van der Waals surface area contributed by atoms with Crippen LogP contribution in [0.2, 0.25) is 0 Å². The number of likely N-dealkylation sites (tertiary alicyclic amines) is 1. The number of aromatic nitrogens is 3. The summed E-state index contributed by atoms with van der Waals surface area (Å²) in [4.78, 5) is 34.1. The fourth-order valence-corrected chi connectivity index (χ4v) is 3.60. The lowest BCUT2D eigenvalue weighted by Crippen LogP contribution is -2.45. The number of nitrogens with one attached hydrogen (secondary N) is 1.